The average molecular weight is 725 g/mol. The summed E-state index contributed by atoms with van der Waals surface area (Å²) in [6, 6.07) is 12.9. The molecule has 0 unspecified atom stereocenters. The van der Waals surface area contributed by atoms with Crippen LogP contribution in [0.1, 0.15) is 57.9 Å². The quantitative estimate of drug-likeness (QED) is 0.0355. The van der Waals surface area contributed by atoms with Gasteiger partial charge in [-0.1, -0.05) is 37.5 Å². The Bertz CT molecular complexity index is 1890. The number of hydrogen-bond acceptors (Lipinski definition) is 14. The Morgan fingerprint density at radius 2 is 1.61 bits per heavy atom. The van der Waals surface area contributed by atoms with E-state index in [9.17, 15) is 23.3 Å². The summed E-state index contributed by atoms with van der Waals surface area (Å²) in [5.41, 5.74) is -0.713. The van der Waals surface area contributed by atoms with Gasteiger partial charge in [0.1, 0.15) is 0 Å². The van der Waals surface area contributed by atoms with Crippen LogP contribution in [-0.4, -0.2) is 66.0 Å². The number of sulfonamides is 1. The molecule has 17 heteroatoms. The van der Waals surface area contributed by atoms with Crippen LogP contribution >= 0.6 is 0 Å². The summed E-state index contributed by atoms with van der Waals surface area (Å²) < 4.78 is 53.6. The van der Waals surface area contributed by atoms with Gasteiger partial charge in [-0.2, -0.15) is 13.4 Å². The number of aromatic nitrogens is 4. The molecule has 0 spiro atoms. The van der Waals surface area contributed by atoms with Crippen LogP contribution in [0.3, 0.4) is 0 Å². The highest BCUT2D eigenvalue weighted by molar-refractivity contribution is 7.92. The molecule has 4 aromatic rings. The first-order valence-electron chi connectivity index (χ1n) is 16.0. The van der Waals surface area contributed by atoms with E-state index in [0.29, 0.717) is 43.4 Å². The number of para-hydroxylation sites is 2. The standard InChI is InChI=1S/C34H40N6O10S/c1-24-16-17-28(36-23-24)51(44,45)39(34(2,3)50-29(41)15-9-7-6-8-12-22-48-40(42)43)32-30(49-27-14-11-10-13-26(27)46-4)33(47-5)38-31(37-32)25-18-20-35-21-19-25/h10-11,13-14,16-21,23H,6-9,12,15,22H2,1-5H3. The number of esters is 1. The number of unbranched alkanes of at least 4 members (excludes halogenated alkanes) is 4. The molecule has 0 bridgehead atoms. The van der Waals surface area contributed by atoms with E-state index < -0.39 is 26.8 Å². The molecular formula is C34H40N6O10S. The van der Waals surface area contributed by atoms with Crippen molar-refractivity contribution in [1.82, 2.24) is 19.9 Å². The molecular weight excluding hydrogens is 684 g/mol. The first-order valence-corrected chi connectivity index (χ1v) is 17.5. The van der Waals surface area contributed by atoms with E-state index in [-0.39, 0.29) is 47.1 Å². The summed E-state index contributed by atoms with van der Waals surface area (Å²) in [6.45, 7) is 4.60. The van der Waals surface area contributed by atoms with Crippen LogP contribution in [0.4, 0.5) is 5.82 Å². The van der Waals surface area contributed by atoms with E-state index in [0.717, 1.165) is 9.87 Å². The monoisotopic (exact) mass is 724 g/mol. The number of anilines is 1. The Kier molecular flexibility index (Phi) is 13.0. The van der Waals surface area contributed by atoms with Crippen LogP contribution in [0.25, 0.3) is 11.4 Å². The van der Waals surface area contributed by atoms with Gasteiger partial charge in [0.15, 0.2) is 33.9 Å². The lowest BCUT2D eigenvalue weighted by Crippen LogP contribution is -2.51. The highest BCUT2D eigenvalue weighted by Crippen LogP contribution is 2.46. The molecule has 3 heterocycles. The Morgan fingerprint density at radius 1 is 0.922 bits per heavy atom. The van der Waals surface area contributed by atoms with Crippen molar-refractivity contribution in [2.45, 2.75) is 70.0 Å². The molecule has 0 saturated carbocycles. The number of benzene rings is 1. The van der Waals surface area contributed by atoms with E-state index in [1.54, 1.807) is 49.4 Å². The van der Waals surface area contributed by atoms with Crippen molar-refractivity contribution in [2.75, 3.05) is 25.1 Å². The third-order valence-electron chi connectivity index (χ3n) is 7.39. The van der Waals surface area contributed by atoms with Gasteiger partial charge in [-0.25, -0.2) is 14.3 Å². The number of nitrogens with zero attached hydrogens (tertiary/aromatic N) is 6. The molecule has 0 radical (unpaired) electrons. The van der Waals surface area contributed by atoms with E-state index in [1.165, 1.54) is 52.7 Å². The lowest BCUT2D eigenvalue weighted by atomic mass is 10.1. The third-order valence-corrected chi connectivity index (χ3v) is 9.25. The summed E-state index contributed by atoms with van der Waals surface area (Å²) in [5.74, 6) is -0.715. The Balaban J connectivity index is 1.80. The normalized spacial score (nSPS) is 11.4. The van der Waals surface area contributed by atoms with Gasteiger partial charge in [0.2, 0.25) is 5.75 Å². The molecule has 51 heavy (non-hydrogen) atoms. The molecule has 0 saturated heterocycles. The number of aryl methyl sites for hydroxylation is 1. The zero-order valence-electron chi connectivity index (χ0n) is 29.0. The van der Waals surface area contributed by atoms with Gasteiger partial charge < -0.3 is 23.8 Å². The first-order chi connectivity index (χ1) is 24.4. The van der Waals surface area contributed by atoms with Crippen LogP contribution < -0.4 is 18.5 Å². The summed E-state index contributed by atoms with van der Waals surface area (Å²) in [6.07, 6.45) is 7.40. The van der Waals surface area contributed by atoms with Crippen LogP contribution in [-0.2, 0) is 24.4 Å². The van der Waals surface area contributed by atoms with Crippen molar-refractivity contribution >= 4 is 21.8 Å². The Labute approximate surface area is 295 Å². The number of pyridine rings is 2. The number of rotatable bonds is 19. The zero-order valence-corrected chi connectivity index (χ0v) is 29.8. The molecule has 0 atom stereocenters. The molecule has 3 aromatic heterocycles. The number of carbonyl (C=O) groups is 1. The average Bonchev–Trinajstić information content (AvgIpc) is 3.10. The van der Waals surface area contributed by atoms with E-state index in [1.807, 2.05) is 0 Å². The van der Waals surface area contributed by atoms with Crippen LogP contribution in [0.15, 0.2) is 72.1 Å². The predicted octanol–water partition coefficient (Wildman–Crippen LogP) is 6.08. The highest BCUT2D eigenvalue weighted by atomic mass is 32.2. The summed E-state index contributed by atoms with van der Waals surface area (Å²) >= 11 is 0. The largest absolute Gasteiger partial charge is 0.493 e. The van der Waals surface area contributed by atoms with E-state index in [2.05, 4.69) is 19.8 Å². The lowest BCUT2D eigenvalue weighted by Gasteiger charge is -2.37. The fourth-order valence-electron chi connectivity index (χ4n) is 5.00. The van der Waals surface area contributed by atoms with Crippen molar-refractivity contribution in [2.24, 2.45) is 0 Å². The van der Waals surface area contributed by atoms with E-state index >= 15 is 0 Å². The minimum absolute atomic E-state index is 0.00282. The maximum Gasteiger partial charge on any atom is 0.307 e. The smallest absolute Gasteiger partial charge is 0.307 e. The van der Waals surface area contributed by atoms with Crippen molar-refractivity contribution in [1.29, 1.82) is 0 Å². The number of carbonyl (C=O) groups excluding carboxylic acids is 1. The second-order valence-corrected chi connectivity index (χ2v) is 13.4. The van der Waals surface area contributed by atoms with Gasteiger partial charge in [-0.05, 0) is 69.5 Å². The van der Waals surface area contributed by atoms with Crippen molar-refractivity contribution < 1.29 is 42.1 Å². The molecule has 0 N–H and O–H groups in total. The molecule has 1 aromatic carbocycles. The topological polar surface area (TPSA) is 195 Å². The van der Waals surface area contributed by atoms with E-state index in [4.69, 9.17) is 23.9 Å². The molecule has 0 aliphatic rings. The number of methoxy groups -OCH3 is 2. The molecule has 0 aliphatic carbocycles. The summed E-state index contributed by atoms with van der Waals surface area (Å²) in [5, 5.41) is 9.14. The van der Waals surface area contributed by atoms with Gasteiger partial charge in [0.05, 0.1) is 20.8 Å². The molecule has 4 rings (SSSR count). The fraction of sp³-hybridized carbons (Fsp3) is 0.382. The Hall–Kier alpha value is -5.58. The van der Waals surface area contributed by atoms with Crippen LogP contribution in [0.2, 0.25) is 0 Å². The molecule has 0 fully saturated rings. The van der Waals surface area contributed by atoms with Gasteiger partial charge in [-0.15, -0.1) is 10.1 Å². The fourth-order valence-corrected chi connectivity index (χ4v) is 6.58. The first kappa shape index (κ1) is 38.2. The van der Waals surface area contributed by atoms with Gasteiger partial charge >= 0.3 is 5.97 Å². The maximum atomic E-state index is 14.7. The van der Waals surface area contributed by atoms with Crippen LogP contribution in [0.5, 0.6) is 23.1 Å². The lowest BCUT2D eigenvalue weighted by molar-refractivity contribution is -0.757. The van der Waals surface area contributed by atoms with Crippen molar-refractivity contribution in [3.63, 3.8) is 0 Å². The van der Waals surface area contributed by atoms with Gasteiger partial charge in [-0.3, -0.25) is 9.78 Å². The number of ether oxygens (including phenoxy) is 4. The molecule has 16 nitrogen and oxygen atoms in total. The summed E-state index contributed by atoms with van der Waals surface area (Å²) in [4.78, 5) is 45.4. The highest BCUT2D eigenvalue weighted by Gasteiger charge is 2.45. The SMILES string of the molecule is COc1ccccc1Oc1c(OC)nc(-c2ccncc2)nc1N(C(C)(C)OC(=O)CCCCCCCO[N+](=O)[O-])S(=O)(=O)c1ccc(C)cn1. The summed E-state index contributed by atoms with van der Waals surface area (Å²) in [7, 11) is -1.86. The Morgan fingerprint density at radius 3 is 2.25 bits per heavy atom. The molecule has 0 amide bonds. The predicted molar refractivity (Wildman–Crippen MR) is 184 cm³/mol. The van der Waals surface area contributed by atoms with Crippen molar-refractivity contribution in [3.05, 3.63) is 82.8 Å². The van der Waals surface area contributed by atoms with Crippen LogP contribution in [0, 0.1) is 17.0 Å². The molecule has 0 aliphatic heterocycles. The second-order valence-electron chi connectivity index (χ2n) is 11.6. The maximum absolute atomic E-state index is 14.7. The number of hydrogen-bond donors (Lipinski definition) is 0. The van der Waals surface area contributed by atoms with Crippen molar-refractivity contribution in [3.8, 4) is 34.5 Å². The molecule has 272 valence electrons. The minimum Gasteiger partial charge on any atom is -0.493 e. The second kappa shape index (κ2) is 17.4. The van der Waals surface area contributed by atoms with Gasteiger partial charge in [0.25, 0.3) is 21.0 Å². The third kappa shape index (κ3) is 10.00. The van der Waals surface area contributed by atoms with Gasteiger partial charge in [0, 0.05) is 30.6 Å². The minimum atomic E-state index is -4.66. The zero-order chi connectivity index (χ0) is 37.0.